The van der Waals surface area contributed by atoms with Crippen LogP contribution in [0.1, 0.15) is 16.8 Å². The average Bonchev–Trinajstić information content (AvgIpc) is 2.67. The van der Waals surface area contributed by atoms with Gasteiger partial charge >= 0.3 is 11.9 Å². The van der Waals surface area contributed by atoms with Gasteiger partial charge in [-0.2, -0.15) is 18.2 Å². The molecule has 0 radical (unpaired) electrons. The molecule has 0 aliphatic carbocycles. The number of hydrogen-bond acceptors (Lipinski definition) is 4. The van der Waals surface area contributed by atoms with Gasteiger partial charge in [-0.1, -0.05) is 11.6 Å². The largest absolute Gasteiger partial charge is 0.473 e. The van der Waals surface area contributed by atoms with Crippen LogP contribution in [0, 0.1) is 18.6 Å². The summed E-state index contributed by atoms with van der Waals surface area (Å²) in [6.07, 6.45) is -4.76. The molecule has 0 saturated heterocycles. The number of rotatable bonds is 5. The zero-order chi connectivity index (χ0) is 22.9. The summed E-state index contributed by atoms with van der Waals surface area (Å²) in [6.45, 7) is 1.34. The van der Waals surface area contributed by atoms with Gasteiger partial charge in [-0.15, -0.1) is 0 Å². The minimum Gasteiger partial charge on any atom is -0.473 e. The molecular formula is C20H14ClF5N2O3. The van der Waals surface area contributed by atoms with Crippen LogP contribution in [0.3, 0.4) is 0 Å². The maximum absolute atomic E-state index is 14.4. The minimum atomic E-state index is -4.76. The van der Waals surface area contributed by atoms with Crippen molar-refractivity contribution in [3.05, 3.63) is 80.4 Å². The number of hydrogen-bond donors (Lipinski definition) is 0. The summed E-state index contributed by atoms with van der Waals surface area (Å²) >= 11 is 5.52. The highest BCUT2D eigenvalue weighted by molar-refractivity contribution is 6.31. The molecular weight excluding hydrogens is 447 g/mol. The summed E-state index contributed by atoms with van der Waals surface area (Å²) in [7, 11) is 1.52. The van der Waals surface area contributed by atoms with Gasteiger partial charge in [0.2, 0.25) is 5.88 Å². The molecule has 11 heteroatoms. The Bertz CT molecular complexity index is 1170. The van der Waals surface area contributed by atoms with Crippen LogP contribution in [0.15, 0.2) is 41.2 Å². The van der Waals surface area contributed by atoms with E-state index in [1.165, 1.54) is 17.7 Å². The molecule has 0 amide bonds. The van der Waals surface area contributed by atoms with Gasteiger partial charge in [-0.3, -0.25) is 4.57 Å². The van der Waals surface area contributed by atoms with Gasteiger partial charge in [-0.25, -0.2) is 13.6 Å². The highest BCUT2D eigenvalue weighted by Gasteiger charge is 2.33. The van der Waals surface area contributed by atoms with E-state index in [1.807, 2.05) is 0 Å². The fourth-order valence-electron chi connectivity index (χ4n) is 2.56. The highest BCUT2D eigenvalue weighted by atomic mass is 35.5. The van der Waals surface area contributed by atoms with E-state index in [0.29, 0.717) is 11.8 Å². The molecule has 1 heterocycles. The lowest BCUT2D eigenvalue weighted by Gasteiger charge is -2.13. The number of aryl methyl sites for hydroxylation is 1. The van der Waals surface area contributed by atoms with Crippen LogP contribution >= 0.6 is 11.6 Å². The molecule has 164 valence electrons. The molecule has 0 aliphatic heterocycles. The topological polar surface area (TPSA) is 53.4 Å². The Hall–Kier alpha value is -3.14. The molecule has 2 aromatic carbocycles. The zero-order valence-corrected chi connectivity index (χ0v) is 16.8. The Morgan fingerprint density at radius 1 is 1.10 bits per heavy atom. The fourth-order valence-corrected chi connectivity index (χ4v) is 2.78. The predicted octanol–water partition coefficient (Wildman–Crippen LogP) is 5.41. The molecule has 0 aliphatic rings. The summed E-state index contributed by atoms with van der Waals surface area (Å²) in [5.41, 5.74) is -1.14. The van der Waals surface area contributed by atoms with Crippen molar-refractivity contribution in [1.29, 1.82) is 0 Å². The second-order valence-corrected chi connectivity index (χ2v) is 6.90. The molecule has 3 rings (SSSR count). The van der Waals surface area contributed by atoms with Crippen molar-refractivity contribution in [2.75, 3.05) is 0 Å². The third-order valence-electron chi connectivity index (χ3n) is 4.26. The van der Waals surface area contributed by atoms with Gasteiger partial charge in [0.05, 0.1) is 10.6 Å². The molecule has 0 bridgehead atoms. The SMILES string of the molecule is Cc1cc(OCc2cc(F)c(Oc3ccc(Cl)c(C(F)(F)F)c3)c(F)c2)nc(=O)n1C. The van der Waals surface area contributed by atoms with Gasteiger partial charge in [0.25, 0.3) is 0 Å². The molecule has 0 spiro atoms. The van der Waals surface area contributed by atoms with Crippen molar-refractivity contribution < 1.29 is 31.4 Å². The molecule has 0 fully saturated rings. The zero-order valence-electron chi connectivity index (χ0n) is 16.1. The third-order valence-corrected chi connectivity index (χ3v) is 4.59. The maximum atomic E-state index is 14.4. The molecule has 0 N–H and O–H groups in total. The number of ether oxygens (including phenoxy) is 2. The van der Waals surface area contributed by atoms with Crippen LogP contribution in [0.25, 0.3) is 0 Å². The minimum absolute atomic E-state index is 0.0254. The van der Waals surface area contributed by atoms with Gasteiger partial charge in [0.1, 0.15) is 12.4 Å². The van der Waals surface area contributed by atoms with E-state index in [9.17, 15) is 26.7 Å². The van der Waals surface area contributed by atoms with E-state index in [0.717, 1.165) is 24.3 Å². The predicted molar refractivity (Wildman–Crippen MR) is 101 cm³/mol. The Morgan fingerprint density at radius 3 is 2.32 bits per heavy atom. The van der Waals surface area contributed by atoms with Crippen LogP contribution in [0.2, 0.25) is 5.02 Å². The molecule has 1 aromatic heterocycles. The number of aromatic nitrogens is 2. The van der Waals surface area contributed by atoms with Crippen molar-refractivity contribution in [2.24, 2.45) is 7.05 Å². The standard InChI is InChI=1S/C20H14ClF5N2O3/c1-10-5-17(27-19(29)28(10)2)30-9-11-6-15(22)18(16(23)7-11)31-12-3-4-14(21)13(8-12)20(24,25)26/h3-8H,9H2,1-2H3. The summed E-state index contributed by atoms with van der Waals surface area (Å²) in [6, 6.07) is 5.78. The second kappa shape index (κ2) is 8.54. The first-order valence-corrected chi connectivity index (χ1v) is 9.03. The van der Waals surface area contributed by atoms with E-state index in [4.69, 9.17) is 21.1 Å². The quantitative estimate of drug-likeness (QED) is 0.478. The Kier molecular flexibility index (Phi) is 6.21. The van der Waals surface area contributed by atoms with E-state index in [1.54, 1.807) is 6.92 Å². The lowest BCUT2D eigenvalue weighted by atomic mass is 10.2. The summed E-state index contributed by atoms with van der Waals surface area (Å²) in [5.74, 6) is -3.67. The monoisotopic (exact) mass is 460 g/mol. The van der Waals surface area contributed by atoms with Crippen molar-refractivity contribution in [2.45, 2.75) is 19.7 Å². The summed E-state index contributed by atoms with van der Waals surface area (Å²) in [4.78, 5) is 15.3. The lowest BCUT2D eigenvalue weighted by molar-refractivity contribution is -0.137. The number of benzene rings is 2. The molecule has 0 saturated carbocycles. The van der Waals surface area contributed by atoms with Crippen molar-refractivity contribution in [3.63, 3.8) is 0 Å². The average molecular weight is 461 g/mol. The van der Waals surface area contributed by atoms with E-state index < -0.39 is 45.6 Å². The molecule has 0 unspecified atom stereocenters. The Morgan fingerprint density at radius 2 is 1.74 bits per heavy atom. The first kappa shape index (κ1) is 22.5. The van der Waals surface area contributed by atoms with Crippen molar-refractivity contribution in [1.82, 2.24) is 9.55 Å². The summed E-state index contributed by atoms with van der Waals surface area (Å²) < 4.78 is 79.2. The van der Waals surface area contributed by atoms with E-state index in [2.05, 4.69) is 4.98 Å². The summed E-state index contributed by atoms with van der Waals surface area (Å²) in [5, 5.41) is -0.576. The van der Waals surface area contributed by atoms with Crippen LogP contribution in [-0.2, 0) is 19.8 Å². The van der Waals surface area contributed by atoms with Crippen LogP contribution < -0.4 is 15.2 Å². The van der Waals surface area contributed by atoms with E-state index >= 15 is 0 Å². The lowest BCUT2D eigenvalue weighted by Crippen LogP contribution is -2.22. The van der Waals surface area contributed by atoms with Gasteiger partial charge in [0, 0.05) is 18.8 Å². The normalized spacial score (nSPS) is 11.5. The maximum Gasteiger partial charge on any atom is 0.417 e. The number of nitrogens with zero attached hydrogens (tertiary/aromatic N) is 2. The van der Waals surface area contributed by atoms with Crippen molar-refractivity contribution >= 4 is 11.6 Å². The van der Waals surface area contributed by atoms with Crippen LogP contribution in [0.4, 0.5) is 22.0 Å². The third kappa shape index (κ3) is 5.13. The number of alkyl halides is 3. The van der Waals surface area contributed by atoms with Crippen LogP contribution in [0.5, 0.6) is 17.4 Å². The van der Waals surface area contributed by atoms with Crippen LogP contribution in [-0.4, -0.2) is 9.55 Å². The smallest absolute Gasteiger partial charge is 0.417 e. The Labute approximate surface area is 177 Å². The van der Waals surface area contributed by atoms with Gasteiger partial charge < -0.3 is 9.47 Å². The van der Waals surface area contributed by atoms with Gasteiger partial charge in [0.15, 0.2) is 17.4 Å². The van der Waals surface area contributed by atoms with Crippen molar-refractivity contribution in [3.8, 4) is 17.4 Å². The molecule has 0 atom stereocenters. The molecule has 5 nitrogen and oxygen atoms in total. The van der Waals surface area contributed by atoms with E-state index in [-0.39, 0.29) is 18.1 Å². The number of halogens is 6. The fraction of sp³-hybridized carbons (Fsp3) is 0.200. The van der Waals surface area contributed by atoms with Gasteiger partial charge in [-0.05, 0) is 42.8 Å². The highest BCUT2D eigenvalue weighted by Crippen LogP contribution is 2.38. The molecule has 31 heavy (non-hydrogen) atoms. The Balaban J connectivity index is 1.80. The second-order valence-electron chi connectivity index (χ2n) is 6.50. The molecule has 3 aromatic rings. The first-order valence-electron chi connectivity index (χ1n) is 8.65. The first-order chi connectivity index (χ1) is 14.5.